The molecule has 4 rings (SSSR count). The first kappa shape index (κ1) is 22.7. The number of hydrogen-bond acceptors (Lipinski definition) is 6. The van der Waals surface area contributed by atoms with Crippen molar-refractivity contribution in [3.8, 4) is 5.75 Å². The van der Waals surface area contributed by atoms with E-state index >= 15 is 0 Å². The fourth-order valence-corrected chi connectivity index (χ4v) is 3.93. The number of aromatic nitrogens is 2. The van der Waals surface area contributed by atoms with Crippen LogP contribution in [0.4, 0.5) is 10.2 Å². The summed E-state index contributed by atoms with van der Waals surface area (Å²) >= 11 is 0. The van der Waals surface area contributed by atoms with Gasteiger partial charge in [0, 0.05) is 44.9 Å². The molecule has 2 heterocycles. The predicted molar refractivity (Wildman–Crippen MR) is 125 cm³/mol. The molecule has 0 radical (unpaired) electrons. The molecule has 33 heavy (non-hydrogen) atoms. The van der Waals surface area contributed by atoms with Gasteiger partial charge in [0.15, 0.2) is 0 Å². The summed E-state index contributed by atoms with van der Waals surface area (Å²) in [6.45, 7) is 2.45. The van der Waals surface area contributed by atoms with Gasteiger partial charge in [-0.3, -0.25) is 4.79 Å². The number of nitrogens with zero attached hydrogens (tertiary/aromatic N) is 4. The Hall–Kier alpha value is -3.52. The minimum atomic E-state index is -0.399. The molecule has 1 amide bonds. The van der Waals surface area contributed by atoms with Gasteiger partial charge in [-0.05, 0) is 37.4 Å². The largest absolute Gasteiger partial charge is 0.486 e. The van der Waals surface area contributed by atoms with Gasteiger partial charge in [-0.15, -0.1) is 0 Å². The topological polar surface area (TPSA) is 70.6 Å². The zero-order valence-electron chi connectivity index (χ0n) is 18.9. The highest BCUT2D eigenvalue weighted by Crippen LogP contribution is 2.27. The van der Waals surface area contributed by atoms with E-state index in [1.165, 1.54) is 12.4 Å². The second-order valence-electron chi connectivity index (χ2n) is 8.07. The SMILES string of the molecule is CNCCC(Oc1ccc(CN2CCN(C)c3ncncc3C2=O)cc1)c1ccccc1F. The minimum absolute atomic E-state index is 0.0815. The van der Waals surface area contributed by atoms with E-state index in [0.717, 1.165) is 5.56 Å². The Morgan fingerprint density at radius 3 is 2.70 bits per heavy atom. The van der Waals surface area contributed by atoms with Crippen molar-refractivity contribution in [3.63, 3.8) is 0 Å². The van der Waals surface area contributed by atoms with Gasteiger partial charge in [0.2, 0.25) is 0 Å². The van der Waals surface area contributed by atoms with Crippen LogP contribution in [0.1, 0.15) is 34.0 Å². The highest BCUT2D eigenvalue weighted by Gasteiger charge is 2.26. The molecule has 1 aliphatic rings. The fourth-order valence-electron chi connectivity index (χ4n) is 3.93. The Morgan fingerprint density at radius 2 is 1.94 bits per heavy atom. The van der Waals surface area contributed by atoms with Crippen molar-refractivity contribution in [3.05, 3.63) is 83.6 Å². The van der Waals surface area contributed by atoms with E-state index in [2.05, 4.69) is 15.3 Å². The zero-order chi connectivity index (χ0) is 23.2. The van der Waals surface area contributed by atoms with Crippen LogP contribution in [0.15, 0.2) is 61.1 Å². The van der Waals surface area contributed by atoms with E-state index in [0.29, 0.717) is 55.3 Å². The number of nitrogens with one attached hydrogen (secondary N) is 1. The number of fused-ring (bicyclic) bond motifs is 1. The van der Waals surface area contributed by atoms with Gasteiger partial charge in [-0.2, -0.15) is 0 Å². The summed E-state index contributed by atoms with van der Waals surface area (Å²) in [4.78, 5) is 25.1. The number of halogens is 1. The normalized spacial score (nSPS) is 14.6. The lowest BCUT2D eigenvalue weighted by molar-refractivity contribution is 0.0754. The summed E-state index contributed by atoms with van der Waals surface area (Å²) in [6, 6.07) is 14.3. The highest BCUT2D eigenvalue weighted by atomic mass is 19.1. The van der Waals surface area contributed by atoms with Gasteiger partial charge in [-0.25, -0.2) is 14.4 Å². The number of rotatable bonds is 8. The van der Waals surface area contributed by atoms with Crippen molar-refractivity contribution in [2.45, 2.75) is 19.1 Å². The molecule has 0 bridgehead atoms. The summed E-state index contributed by atoms with van der Waals surface area (Å²) in [5.74, 6) is 0.955. The molecule has 3 aromatic rings. The minimum Gasteiger partial charge on any atom is -0.486 e. The van der Waals surface area contributed by atoms with Gasteiger partial charge in [-0.1, -0.05) is 30.3 Å². The summed E-state index contributed by atoms with van der Waals surface area (Å²) in [7, 11) is 3.79. The quantitative estimate of drug-likeness (QED) is 0.568. The lowest BCUT2D eigenvalue weighted by Crippen LogP contribution is -2.33. The molecule has 1 N–H and O–H groups in total. The molecule has 0 saturated carbocycles. The average molecular weight is 450 g/mol. The smallest absolute Gasteiger partial charge is 0.259 e. The maximum absolute atomic E-state index is 14.3. The van der Waals surface area contributed by atoms with E-state index in [1.54, 1.807) is 23.2 Å². The molecule has 7 nitrogen and oxygen atoms in total. The van der Waals surface area contributed by atoms with Crippen molar-refractivity contribution in [2.75, 3.05) is 38.6 Å². The number of benzene rings is 2. The van der Waals surface area contributed by atoms with Crippen LogP contribution in [0.25, 0.3) is 0 Å². The third kappa shape index (κ3) is 5.28. The van der Waals surface area contributed by atoms with E-state index in [1.807, 2.05) is 49.3 Å². The molecule has 0 fully saturated rings. The van der Waals surface area contributed by atoms with Gasteiger partial charge in [0.1, 0.15) is 35.4 Å². The lowest BCUT2D eigenvalue weighted by atomic mass is 10.1. The van der Waals surface area contributed by atoms with Crippen molar-refractivity contribution in [1.29, 1.82) is 0 Å². The molecule has 0 saturated heterocycles. The van der Waals surface area contributed by atoms with E-state index in [-0.39, 0.29) is 11.7 Å². The third-order valence-electron chi connectivity index (χ3n) is 5.76. The highest BCUT2D eigenvalue weighted by molar-refractivity contribution is 5.99. The van der Waals surface area contributed by atoms with Gasteiger partial charge < -0.3 is 19.9 Å². The van der Waals surface area contributed by atoms with Crippen molar-refractivity contribution < 1.29 is 13.9 Å². The number of amides is 1. The van der Waals surface area contributed by atoms with Crippen LogP contribution in [0, 0.1) is 5.82 Å². The number of carbonyl (C=O) groups is 1. The Kier molecular flexibility index (Phi) is 7.14. The summed E-state index contributed by atoms with van der Waals surface area (Å²) in [5.41, 5.74) is 2.03. The van der Waals surface area contributed by atoms with Crippen molar-refractivity contribution in [1.82, 2.24) is 20.2 Å². The monoisotopic (exact) mass is 449 g/mol. The van der Waals surface area contributed by atoms with Crippen molar-refractivity contribution >= 4 is 11.7 Å². The maximum atomic E-state index is 14.3. The number of carbonyl (C=O) groups excluding carboxylic acids is 1. The summed E-state index contributed by atoms with van der Waals surface area (Å²) in [5, 5.41) is 3.10. The molecule has 1 atom stereocenters. The van der Waals surface area contributed by atoms with Gasteiger partial charge in [0.25, 0.3) is 5.91 Å². The van der Waals surface area contributed by atoms with E-state index < -0.39 is 6.10 Å². The molecule has 0 spiro atoms. The molecule has 8 heteroatoms. The van der Waals surface area contributed by atoms with Gasteiger partial charge in [0.05, 0.1) is 0 Å². The molecule has 1 aliphatic heterocycles. The average Bonchev–Trinajstić information content (AvgIpc) is 2.95. The van der Waals surface area contributed by atoms with E-state index in [9.17, 15) is 9.18 Å². The van der Waals surface area contributed by atoms with Crippen LogP contribution < -0.4 is 15.0 Å². The number of ether oxygens (including phenoxy) is 1. The first-order chi connectivity index (χ1) is 16.1. The molecular weight excluding hydrogens is 421 g/mol. The van der Waals surface area contributed by atoms with Crippen LogP contribution in [-0.2, 0) is 6.54 Å². The molecule has 2 aromatic carbocycles. The van der Waals surface area contributed by atoms with Crippen LogP contribution in [0.5, 0.6) is 5.75 Å². The van der Waals surface area contributed by atoms with Gasteiger partial charge >= 0.3 is 0 Å². The first-order valence-corrected chi connectivity index (χ1v) is 11.0. The molecular formula is C25H28FN5O2. The number of likely N-dealkylation sites (N-methyl/N-ethyl adjacent to an activating group) is 1. The number of hydrogen-bond donors (Lipinski definition) is 1. The Bertz CT molecular complexity index is 1090. The van der Waals surface area contributed by atoms with E-state index in [4.69, 9.17) is 4.74 Å². The molecule has 1 aromatic heterocycles. The first-order valence-electron chi connectivity index (χ1n) is 11.0. The second kappa shape index (κ2) is 10.4. The zero-order valence-corrected chi connectivity index (χ0v) is 18.9. The molecule has 0 aliphatic carbocycles. The van der Waals surface area contributed by atoms with Crippen LogP contribution in [0.2, 0.25) is 0 Å². The lowest BCUT2D eigenvalue weighted by Gasteiger charge is -2.22. The fraction of sp³-hybridized carbons (Fsp3) is 0.320. The predicted octanol–water partition coefficient (Wildman–Crippen LogP) is 3.44. The summed E-state index contributed by atoms with van der Waals surface area (Å²) in [6.07, 6.45) is 3.27. The maximum Gasteiger partial charge on any atom is 0.259 e. The molecule has 1 unspecified atom stereocenters. The third-order valence-corrected chi connectivity index (χ3v) is 5.76. The Labute approximate surface area is 193 Å². The van der Waals surface area contributed by atoms with Crippen LogP contribution >= 0.6 is 0 Å². The standard InChI is InChI=1S/C25H28FN5O2/c1-27-12-11-23(20-5-3-4-6-22(20)26)33-19-9-7-18(8-10-19)16-31-14-13-30(2)24-21(25(31)32)15-28-17-29-24/h3-10,15,17,23,27H,11-14,16H2,1-2H3. The van der Waals surface area contributed by atoms with Crippen molar-refractivity contribution in [2.24, 2.45) is 0 Å². The molecule has 172 valence electrons. The van der Waals surface area contributed by atoms with Crippen LogP contribution in [-0.4, -0.2) is 54.5 Å². The van der Waals surface area contributed by atoms with Crippen LogP contribution in [0.3, 0.4) is 0 Å². The Morgan fingerprint density at radius 1 is 1.15 bits per heavy atom. The Balaban J connectivity index is 1.47. The second-order valence-corrected chi connectivity index (χ2v) is 8.07. The summed E-state index contributed by atoms with van der Waals surface area (Å²) < 4.78 is 20.5. The number of anilines is 1.